The first-order chi connectivity index (χ1) is 11.0. The number of amides is 1. The lowest BCUT2D eigenvalue weighted by molar-refractivity contribution is -0.885. The molecule has 0 radical (unpaired) electrons. The van der Waals surface area contributed by atoms with E-state index in [0.29, 0.717) is 24.4 Å². The van der Waals surface area contributed by atoms with Gasteiger partial charge in [-0.1, -0.05) is 38.8 Å². The van der Waals surface area contributed by atoms with E-state index in [2.05, 4.69) is 56.7 Å². The van der Waals surface area contributed by atoms with Crippen molar-refractivity contribution < 1.29 is 9.69 Å². The molecule has 4 heteroatoms. The van der Waals surface area contributed by atoms with Crippen LogP contribution in [-0.4, -0.2) is 31.8 Å². The van der Waals surface area contributed by atoms with Gasteiger partial charge in [-0.05, 0) is 36.6 Å². The molecular formula is C19H31N2OS+. The Balaban J connectivity index is 1.79. The van der Waals surface area contributed by atoms with E-state index >= 15 is 0 Å². The van der Waals surface area contributed by atoms with Crippen molar-refractivity contribution in [2.45, 2.75) is 50.6 Å². The Morgan fingerprint density at radius 3 is 2.61 bits per heavy atom. The van der Waals surface area contributed by atoms with E-state index in [0.717, 1.165) is 13.0 Å². The van der Waals surface area contributed by atoms with Crippen molar-refractivity contribution in [1.82, 2.24) is 5.32 Å². The van der Waals surface area contributed by atoms with Crippen molar-refractivity contribution in [3.8, 4) is 0 Å². The van der Waals surface area contributed by atoms with Crippen LogP contribution in [0.4, 0.5) is 0 Å². The van der Waals surface area contributed by atoms with Gasteiger partial charge in [0, 0.05) is 16.5 Å². The fourth-order valence-corrected chi connectivity index (χ4v) is 3.88. The highest BCUT2D eigenvalue weighted by Gasteiger charge is 2.28. The third kappa shape index (κ3) is 5.54. The van der Waals surface area contributed by atoms with E-state index in [-0.39, 0.29) is 5.91 Å². The lowest BCUT2D eigenvalue weighted by Gasteiger charge is -2.34. The summed E-state index contributed by atoms with van der Waals surface area (Å²) < 4.78 is 0. The smallest absolute Gasteiger partial charge is 0.275 e. The molecule has 1 aromatic carbocycles. The van der Waals surface area contributed by atoms with Crippen LogP contribution in [0.15, 0.2) is 29.2 Å². The Hall–Kier alpha value is -1.00. The van der Waals surface area contributed by atoms with Crippen molar-refractivity contribution in [1.29, 1.82) is 0 Å². The number of likely N-dealkylation sites (N-methyl/N-ethyl adjacent to an activating group) is 1. The van der Waals surface area contributed by atoms with Crippen molar-refractivity contribution in [2.75, 3.05) is 19.8 Å². The first-order valence-corrected chi connectivity index (χ1v) is 9.95. The molecule has 2 N–H and O–H groups in total. The van der Waals surface area contributed by atoms with Crippen molar-refractivity contribution >= 4 is 17.7 Å². The number of quaternary nitrogens is 1. The number of hydrogen-bond acceptors (Lipinski definition) is 2. The molecule has 23 heavy (non-hydrogen) atoms. The molecule has 128 valence electrons. The quantitative estimate of drug-likeness (QED) is 0.783. The van der Waals surface area contributed by atoms with Gasteiger partial charge >= 0.3 is 0 Å². The minimum Gasteiger partial charge on any atom is -0.348 e. The van der Waals surface area contributed by atoms with E-state index < -0.39 is 0 Å². The normalized spacial score (nSPS) is 25.8. The van der Waals surface area contributed by atoms with Gasteiger partial charge in [0.2, 0.25) is 0 Å². The molecule has 1 fully saturated rings. The standard InChI is InChI=1S/C19H30N2OS/c1-14-6-5-7-18(15(14)2)20-19(22)13-21(3)12-16-8-10-17(23-4)11-9-16/h8-11,14-15,18H,5-7,12-13H2,1-4H3,(H,20,22)/p+1/t14-,15-,18+/m1/s1. The maximum absolute atomic E-state index is 12.3. The molecule has 1 aliphatic rings. The van der Waals surface area contributed by atoms with Crippen LogP contribution in [0.1, 0.15) is 38.7 Å². The maximum Gasteiger partial charge on any atom is 0.275 e. The molecule has 0 bridgehead atoms. The number of benzene rings is 1. The minimum atomic E-state index is 0.189. The maximum atomic E-state index is 12.3. The number of carbonyl (C=O) groups excluding carboxylic acids is 1. The summed E-state index contributed by atoms with van der Waals surface area (Å²) >= 11 is 1.76. The van der Waals surface area contributed by atoms with E-state index in [4.69, 9.17) is 0 Å². The Labute approximate surface area is 145 Å². The second-order valence-electron chi connectivity index (χ2n) is 7.10. The van der Waals surface area contributed by atoms with E-state index in [1.807, 2.05) is 0 Å². The van der Waals surface area contributed by atoms with Gasteiger partial charge in [0.05, 0.1) is 7.05 Å². The molecule has 0 aromatic heterocycles. The van der Waals surface area contributed by atoms with E-state index in [1.54, 1.807) is 11.8 Å². The van der Waals surface area contributed by atoms with Gasteiger partial charge in [0.1, 0.15) is 6.54 Å². The molecule has 3 nitrogen and oxygen atoms in total. The summed E-state index contributed by atoms with van der Waals surface area (Å²) in [4.78, 5) is 14.8. The number of carbonyl (C=O) groups is 1. The average Bonchev–Trinajstić information content (AvgIpc) is 2.52. The molecule has 0 saturated heterocycles. The van der Waals surface area contributed by atoms with E-state index in [9.17, 15) is 4.79 Å². The van der Waals surface area contributed by atoms with Gasteiger partial charge in [-0.15, -0.1) is 11.8 Å². The monoisotopic (exact) mass is 335 g/mol. The summed E-state index contributed by atoms with van der Waals surface area (Å²) in [7, 11) is 2.09. The van der Waals surface area contributed by atoms with Crippen LogP contribution in [0.5, 0.6) is 0 Å². The van der Waals surface area contributed by atoms with Crippen molar-refractivity contribution in [3.63, 3.8) is 0 Å². The van der Waals surface area contributed by atoms with Crippen LogP contribution < -0.4 is 10.2 Å². The first-order valence-electron chi connectivity index (χ1n) is 8.73. The number of rotatable bonds is 6. The van der Waals surface area contributed by atoms with Gasteiger partial charge in [-0.25, -0.2) is 0 Å². The van der Waals surface area contributed by atoms with Gasteiger partial charge in [0.25, 0.3) is 5.91 Å². The second-order valence-corrected chi connectivity index (χ2v) is 7.98. The van der Waals surface area contributed by atoms with Gasteiger partial charge in [0.15, 0.2) is 6.54 Å². The third-order valence-corrected chi connectivity index (χ3v) is 5.92. The minimum absolute atomic E-state index is 0.189. The summed E-state index contributed by atoms with van der Waals surface area (Å²) in [6.07, 6.45) is 5.75. The van der Waals surface area contributed by atoms with Crippen LogP contribution >= 0.6 is 11.8 Å². The molecule has 2 rings (SSSR count). The van der Waals surface area contributed by atoms with Crippen molar-refractivity contribution in [2.24, 2.45) is 11.8 Å². The molecule has 1 unspecified atom stereocenters. The van der Waals surface area contributed by atoms with Crippen LogP contribution in [-0.2, 0) is 11.3 Å². The highest BCUT2D eigenvalue weighted by atomic mass is 32.2. The molecule has 0 aliphatic heterocycles. The highest BCUT2D eigenvalue weighted by molar-refractivity contribution is 7.98. The summed E-state index contributed by atoms with van der Waals surface area (Å²) in [5, 5.41) is 3.27. The second kappa shape index (κ2) is 8.74. The third-order valence-electron chi connectivity index (χ3n) is 5.18. The predicted octanol–water partition coefficient (Wildman–Crippen LogP) is 2.36. The number of thioether (sulfide) groups is 1. The Morgan fingerprint density at radius 2 is 1.96 bits per heavy atom. The summed E-state index contributed by atoms with van der Waals surface area (Å²) in [6.45, 7) is 6.01. The largest absolute Gasteiger partial charge is 0.348 e. The Kier molecular flexibility index (Phi) is 6.97. The Morgan fingerprint density at radius 1 is 1.26 bits per heavy atom. The predicted molar refractivity (Wildman–Crippen MR) is 97.8 cm³/mol. The summed E-state index contributed by atoms with van der Waals surface area (Å²) in [6, 6.07) is 8.99. The average molecular weight is 336 g/mol. The lowest BCUT2D eigenvalue weighted by atomic mass is 9.78. The molecule has 1 saturated carbocycles. The molecule has 1 aliphatic carbocycles. The zero-order chi connectivity index (χ0) is 16.8. The topological polar surface area (TPSA) is 33.5 Å². The zero-order valence-electron chi connectivity index (χ0n) is 14.9. The number of hydrogen-bond donors (Lipinski definition) is 2. The molecule has 0 spiro atoms. The molecular weight excluding hydrogens is 304 g/mol. The zero-order valence-corrected chi connectivity index (χ0v) is 15.7. The summed E-state index contributed by atoms with van der Waals surface area (Å²) in [5.74, 6) is 1.50. The van der Waals surface area contributed by atoms with Crippen molar-refractivity contribution in [3.05, 3.63) is 29.8 Å². The highest BCUT2D eigenvalue weighted by Crippen LogP contribution is 2.29. The molecule has 0 heterocycles. The fraction of sp³-hybridized carbons (Fsp3) is 0.632. The molecule has 1 amide bonds. The van der Waals surface area contributed by atoms with Crippen LogP contribution in [0, 0.1) is 11.8 Å². The summed E-state index contributed by atoms with van der Waals surface area (Å²) in [5.41, 5.74) is 1.28. The van der Waals surface area contributed by atoms with Gasteiger partial charge < -0.3 is 10.2 Å². The SMILES string of the molecule is CSc1ccc(C[NH+](C)CC(=O)N[C@H]2CCC[C@@H](C)[C@H]2C)cc1. The number of nitrogens with one attached hydrogen (secondary N) is 2. The fourth-order valence-electron chi connectivity index (χ4n) is 3.47. The van der Waals surface area contributed by atoms with Crippen LogP contribution in [0.2, 0.25) is 0 Å². The van der Waals surface area contributed by atoms with Crippen LogP contribution in [0.25, 0.3) is 0 Å². The van der Waals surface area contributed by atoms with E-state index in [1.165, 1.54) is 28.2 Å². The first kappa shape index (κ1) is 18.3. The molecule has 4 atom stereocenters. The van der Waals surface area contributed by atoms with Crippen LogP contribution in [0.3, 0.4) is 0 Å². The lowest BCUT2D eigenvalue weighted by Crippen LogP contribution is -3.09. The van der Waals surface area contributed by atoms with Gasteiger partial charge in [-0.2, -0.15) is 0 Å². The molecule has 1 aromatic rings. The Bertz CT molecular complexity index is 503. The van der Waals surface area contributed by atoms with Gasteiger partial charge in [-0.3, -0.25) is 4.79 Å².